The van der Waals surface area contributed by atoms with E-state index in [9.17, 15) is 0 Å². The highest BCUT2D eigenvalue weighted by atomic mass is 15.1. The van der Waals surface area contributed by atoms with Gasteiger partial charge in [-0.2, -0.15) is 0 Å². The van der Waals surface area contributed by atoms with Crippen LogP contribution in [-0.4, -0.2) is 37.1 Å². The molecule has 2 fully saturated rings. The highest BCUT2D eigenvalue weighted by molar-refractivity contribution is 5.19. The molecule has 0 bridgehead atoms. The lowest BCUT2D eigenvalue weighted by Crippen LogP contribution is -2.44. The van der Waals surface area contributed by atoms with Gasteiger partial charge in [-0.25, -0.2) is 0 Å². The van der Waals surface area contributed by atoms with E-state index in [4.69, 9.17) is 0 Å². The van der Waals surface area contributed by atoms with Crippen LogP contribution in [0.4, 0.5) is 0 Å². The van der Waals surface area contributed by atoms with Crippen molar-refractivity contribution in [3.63, 3.8) is 0 Å². The largest absolute Gasteiger partial charge is 0.314 e. The van der Waals surface area contributed by atoms with E-state index >= 15 is 0 Å². The second-order valence-corrected chi connectivity index (χ2v) is 6.74. The monoisotopic (exact) mass is 272 g/mol. The van der Waals surface area contributed by atoms with Crippen molar-refractivity contribution < 1.29 is 0 Å². The minimum Gasteiger partial charge on any atom is -0.314 e. The Labute approximate surface area is 123 Å². The van der Waals surface area contributed by atoms with Crippen molar-refractivity contribution >= 4 is 0 Å². The molecular formula is C18H28N2. The Balaban J connectivity index is 1.39. The Morgan fingerprint density at radius 1 is 1.10 bits per heavy atom. The van der Waals surface area contributed by atoms with Gasteiger partial charge in [0.1, 0.15) is 0 Å². The molecule has 1 aliphatic carbocycles. The van der Waals surface area contributed by atoms with Crippen molar-refractivity contribution in [3.05, 3.63) is 35.9 Å². The summed E-state index contributed by atoms with van der Waals surface area (Å²) in [5, 5.41) is 3.76. The van der Waals surface area contributed by atoms with Crippen LogP contribution in [0.2, 0.25) is 0 Å². The van der Waals surface area contributed by atoms with Crippen molar-refractivity contribution in [1.29, 1.82) is 0 Å². The SMILES string of the molecule is CC(CN1CCC(NCC2CC2)CC1)c1ccccc1. The van der Waals surface area contributed by atoms with Crippen LogP contribution in [0.1, 0.15) is 44.1 Å². The van der Waals surface area contributed by atoms with Crippen molar-refractivity contribution in [2.75, 3.05) is 26.2 Å². The quantitative estimate of drug-likeness (QED) is 0.855. The van der Waals surface area contributed by atoms with E-state index in [0.29, 0.717) is 5.92 Å². The van der Waals surface area contributed by atoms with E-state index in [1.807, 2.05) is 0 Å². The number of rotatable bonds is 6. The zero-order valence-corrected chi connectivity index (χ0v) is 12.7. The van der Waals surface area contributed by atoms with Crippen molar-refractivity contribution in [3.8, 4) is 0 Å². The average molecular weight is 272 g/mol. The van der Waals surface area contributed by atoms with E-state index in [1.54, 1.807) is 0 Å². The molecule has 0 aromatic heterocycles. The summed E-state index contributed by atoms with van der Waals surface area (Å²) >= 11 is 0. The second-order valence-electron chi connectivity index (χ2n) is 6.74. The van der Waals surface area contributed by atoms with Gasteiger partial charge in [0.15, 0.2) is 0 Å². The molecule has 1 atom stereocenters. The molecule has 0 amide bonds. The first kappa shape index (κ1) is 14.1. The number of likely N-dealkylation sites (tertiary alicyclic amines) is 1. The summed E-state index contributed by atoms with van der Waals surface area (Å²) in [7, 11) is 0. The normalized spacial score (nSPS) is 22.9. The lowest BCUT2D eigenvalue weighted by Gasteiger charge is -2.34. The summed E-state index contributed by atoms with van der Waals surface area (Å²) in [4.78, 5) is 2.65. The van der Waals surface area contributed by atoms with E-state index in [-0.39, 0.29) is 0 Å². The van der Waals surface area contributed by atoms with Crippen LogP contribution in [0, 0.1) is 5.92 Å². The highest BCUT2D eigenvalue weighted by Crippen LogP contribution is 2.28. The fourth-order valence-electron chi connectivity index (χ4n) is 3.25. The lowest BCUT2D eigenvalue weighted by atomic mass is 9.98. The summed E-state index contributed by atoms with van der Waals surface area (Å²) in [6, 6.07) is 11.7. The Bertz CT molecular complexity index is 391. The molecule has 1 unspecified atom stereocenters. The lowest BCUT2D eigenvalue weighted by molar-refractivity contribution is 0.189. The van der Waals surface area contributed by atoms with Crippen LogP contribution in [0.25, 0.3) is 0 Å². The molecule has 2 aliphatic rings. The van der Waals surface area contributed by atoms with E-state index in [0.717, 1.165) is 12.0 Å². The third-order valence-electron chi connectivity index (χ3n) is 4.88. The first-order chi connectivity index (χ1) is 9.81. The van der Waals surface area contributed by atoms with Gasteiger partial charge in [0.2, 0.25) is 0 Å². The molecule has 0 radical (unpaired) electrons. The van der Waals surface area contributed by atoms with Gasteiger partial charge in [-0.1, -0.05) is 37.3 Å². The number of piperidine rings is 1. The highest BCUT2D eigenvalue weighted by Gasteiger charge is 2.24. The molecular weight excluding hydrogens is 244 g/mol. The number of nitrogens with zero attached hydrogens (tertiary/aromatic N) is 1. The molecule has 110 valence electrons. The predicted molar refractivity (Wildman–Crippen MR) is 85.0 cm³/mol. The van der Waals surface area contributed by atoms with Crippen molar-refractivity contribution in [2.45, 2.75) is 44.6 Å². The minimum absolute atomic E-state index is 0.646. The fourth-order valence-corrected chi connectivity index (χ4v) is 3.25. The molecule has 1 heterocycles. The fraction of sp³-hybridized carbons (Fsp3) is 0.667. The zero-order chi connectivity index (χ0) is 13.8. The summed E-state index contributed by atoms with van der Waals surface area (Å²) in [6.45, 7) is 7.36. The molecule has 2 nitrogen and oxygen atoms in total. The first-order valence-corrected chi connectivity index (χ1v) is 8.32. The molecule has 2 heteroatoms. The number of hydrogen-bond donors (Lipinski definition) is 1. The van der Waals surface area contributed by atoms with Crippen LogP contribution in [0.15, 0.2) is 30.3 Å². The maximum absolute atomic E-state index is 3.76. The Hall–Kier alpha value is -0.860. The number of benzene rings is 1. The molecule has 0 spiro atoms. The van der Waals surface area contributed by atoms with Crippen LogP contribution >= 0.6 is 0 Å². The standard InChI is InChI=1S/C18H28N2/c1-15(17-5-3-2-4-6-17)14-20-11-9-18(10-12-20)19-13-16-7-8-16/h2-6,15-16,18-19H,7-14H2,1H3. The van der Waals surface area contributed by atoms with Crippen molar-refractivity contribution in [1.82, 2.24) is 10.2 Å². The van der Waals surface area contributed by atoms with Gasteiger partial charge in [0.05, 0.1) is 0 Å². The predicted octanol–water partition coefficient (Wildman–Crippen LogP) is 3.25. The molecule has 1 aliphatic heterocycles. The molecule has 1 N–H and O–H groups in total. The van der Waals surface area contributed by atoms with Gasteiger partial charge in [-0.05, 0) is 62.7 Å². The second kappa shape index (κ2) is 6.73. The molecule has 1 aromatic carbocycles. The smallest absolute Gasteiger partial charge is 0.00915 e. The third kappa shape index (κ3) is 4.07. The van der Waals surface area contributed by atoms with E-state index in [2.05, 4.69) is 47.5 Å². The van der Waals surface area contributed by atoms with Gasteiger partial charge < -0.3 is 10.2 Å². The van der Waals surface area contributed by atoms with Gasteiger partial charge in [0, 0.05) is 12.6 Å². The minimum atomic E-state index is 0.646. The van der Waals surface area contributed by atoms with Crippen LogP contribution in [0.5, 0.6) is 0 Å². The summed E-state index contributed by atoms with van der Waals surface area (Å²) in [6.07, 6.45) is 5.57. The Kier molecular flexibility index (Phi) is 4.74. The third-order valence-corrected chi connectivity index (χ3v) is 4.88. The number of nitrogens with one attached hydrogen (secondary N) is 1. The van der Waals surface area contributed by atoms with Gasteiger partial charge >= 0.3 is 0 Å². The molecule has 1 saturated carbocycles. The van der Waals surface area contributed by atoms with Crippen LogP contribution in [0.3, 0.4) is 0 Å². The zero-order valence-electron chi connectivity index (χ0n) is 12.7. The Morgan fingerprint density at radius 3 is 2.45 bits per heavy atom. The topological polar surface area (TPSA) is 15.3 Å². The van der Waals surface area contributed by atoms with Crippen molar-refractivity contribution in [2.24, 2.45) is 5.92 Å². The van der Waals surface area contributed by atoms with E-state index < -0.39 is 0 Å². The average Bonchev–Trinajstić information content (AvgIpc) is 3.32. The first-order valence-electron chi connectivity index (χ1n) is 8.32. The van der Waals surface area contributed by atoms with E-state index in [1.165, 1.54) is 57.4 Å². The summed E-state index contributed by atoms with van der Waals surface area (Å²) in [5.74, 6) is 1.65. The summed E-state index contributed by atoms with van der Waals surface area (Å²) < 4.78 is 0. The molecule has 3 rings (SSSR count). The van der Waals surface area contributed by atoms with Gasteiger partial charge in [0.25, 0.3) is 0 Å². The Morgan fingerprint density at radius 2 is 1.80 bits per heavy atom. The van der Waals surface area contributed by atoms with Gasteiger partial charge in [-0.3, -0.25) is 0 Å². The molecule has 1 saturated heterocycles. The molecule has 1 aromatic rings. The van der Waals surface area contributed by atoms with Crippen LogP contribution < -0.4 is 5.32 Å². The summed E-state index contributed by atoms with van der Waals surface area (Å²) in [5.41, 5.74) is 1.47. The van der Waals surface area contributed by atoms with Gasteiger partial charge in [-0.15, -0.1) is 0 Å². The maximum atomic E-state index is 3.76. The maximum Gasteiger partial charge on any atom is 0.00915 e. The van der Waals surface area contributed by atoms with Crippen LogP contribution in [-0.2, 0) is 0 Å². The number of hydrogen-bond acceptors (Lipinski definition) is 2. The molecule has 20 heavy (non-hydrogen) atoms.